The van der Waals surface area contributed by atoms with Crippen molar-refractivity contribution >= 4 is 33.3 Å². The van der Waals surface area contributed by atoms with Crippen molar-refractivity contribution in [2.45, 2.75) is 6.42 Å². The van der Waals surface area contributed by atoms with Gasteiger partial charge in [0.2, 0.25) is 5.91 Å². The normalized spacial score (nSPS) is 14.7. The largest absolute Gasteiger partial charge is 0.355 e. The smallest absolute Gasteiger partial charge is 0.234 e. The zero-order valence-corrected chi connectivity index (χ0v) is 16.9. The maximum Gasteiger partial charge on any atom is 0.234 e. The van der Waals surface area contributed by atoms with Gasteiger partial charge in [-0.25, -0.2) is 9.97 Å². The monoisotopic (exact) mass is 406 g/mol. The van der Waals surface area contributed by atoms with Crippen LogP contribution < -0.4 is 10.2 Å². The van der Waals surface area contributed by atoms with Crippen LogP contribution in [0.5, 0.6) is 0 Å². The first-order chi connectivity index (χ1) is 14.2. The third-order valence-electron chi connectivity index (χ3n) is 4.95. The fraction of sp³-hybridized carbons (Fsp3) is 0.333. The van der Waals surface area contributed by atoms with Crippen molar-refractivity contribution in [3.8, 4) is 6.07 Å². The van der Waals surface area contributed by atoms with Crippen LogP contribution in [0, 0.1) is 11.3 Å². The molecule has 1 fully saturated rings. The molecule has 1 aromatic carbocycles. The van der Waals surface area contributed by atoms with Gasteiger partial charge in [0.05, 0.1) is 27.3 Å². The lowest BCUT2D eigenvalue weighted by Crippen LogP contribution is -2.50. The molecule has 7 nitrogen and oxygen atoms in total. The number of hydrogen-bond acceptors (Lipinski definition) is 7. The molecule has 29 heavy (non-hydrogen) atoms. The number of amides is 1. The Balaban J connectivity index is 1.21. The van der Waals surface area contributed by atoms with E-state index in [1.807, 2.05) is 18.2 Å². The van der Waals surface area contributed by atoms with Crippen LogP contribution in [0.25, 0.3) is 10.2 Å². The summed E-state index contributed by atoms with van der Waals surface area (Å²) in [6, 6.07) is 13.8. The lowest BCUT2D eigenvalue weighted by molar-refractivity contribution is -0.122. The maximum absolute atomic E-state index is 12.3. The van der Waals surface area contributed by atoms with Gasteiger partial charge >= 0.3 is 0 Å². The molecule has 148 valence electrons. The Bertz CT molecular complexity index is 1000. The number of nitrogens with zero attached hydrogens (tertiary/aromatic N) is 5. The average Bonchev–Trinajstić information content (AvgIpc) is 3.17. The number of nitrogens with one attached hydrogen (secondary N) is 1. The van der Waals surface area contributed by atoms with E-state index in [1.165, 1.54) is 4.70 Å². The number of rotatable bonds is 6. The summed E-state index contributed by atoms with van der Waals surface area (Å²) in [4.78, 5) is 25.5. The highest BCUT2D eigenvalue weighted by molar-refractivity contribution is 7.18. The summed E-state index contributed by atoms with van der Waals surface area (Å²) in [5.74, 6) is 0.769. The topological polar surface area (TPSA) is 85.2 Å². The summed E-state index contributed by atoms with van der Waals surface area (Å²) in [5.41, 5.74) is 1.61. The molecule has 1 N–H and O–H groups in total. The molecule has 0 spiro atoms. The first-order valence-corrected chi connectivity index (χ1v) is 10.5. The molecule has 2 aromatic heterocycles. The van der Waals surface area contributed by atoms with Crippen LogP contribution in [0.2, 0.25) is 0 Å². The van der Waals surface area contributed by atoms with Gasteiger partial charge in [-0.2, -0.15) is 5.26 Å². The van der Waals surface area contributed by atoms with E-state index in [0.717, 1.165) is 48.9 Å². The molecule has 8 heteroatoms. The van der Waals surface area contributed by atoms with Crippen molar-refractivity contribution in [2.75, 3.05) is 44.2 Å². The van der Waals surface area contributed by atoms with Gasteiger partial charge in [0.15, 0.2) is 0 Å². The Morgan fingerprint density at radius 2 is 2.00 bits per heavy atom. The third kappa shape index (κ3) is 4.70. The molecular formula is C21H22N6OS. The van der Waals surface area contributed by atoms with Crippen molar-refractivity contribution in [1.82, 2.24) is 20.2 Å². The molecule has 3 heterocycles. The number of benzene rings is 1. The van der Waals surface area contributed by atoms with Crippen LogP contribution in [0.15, 0.2) is 42.6 Å². The van der Waals surface area contributed by atoms with E-state index in [1.54, 1.807) is 29.7 Å². The Morgan fingerprint density at radius 3 is 2.79 bits per heavy atom. The van der Waals surface area contributed by atoms with Gasteiger partial charge in [0, 0.05) is 45.3 Å². The summed E-state index contributed by atoms with van der Waals surface area (Å²) in [5, 5.41) is 13.3. The van der Waals surface area contributed by atoms with Gasteiger partial charge in [-0.1, -0.05) is 12.1 Å². The van der Waals surface area contributed by atoms with Gasteiger partial charge in [-0.05, 0) is 24.3 Å². The van der Waals surface area contributed by atoms with Crippen molar-refractivity contribution in [3.05, 3.63) is 53.2 Å². The lowest BCUT2D eigenvalue weighted by atomic mass is 10.2. The van der Waals surface area contributed by atoms with Gasteiger partial charge in [0.25, 0.3) is 0 Å². The Kier molecular flexibility index (Phi) is 5.98. The first-order valence-electron chi connectivity index (χ1n) is 9.66. The fourth-order valence-corrected chi connectivity index (χ4v) is 4.42. The molecule has 0 atom stereocenters. The number of anilines is 1. The lowest BCUT2D eigenvalue weighted by Gasteiger charge is -2.35. The summed E-state index contributed by atoms with van der Waals surface area (Å²) in [7, 11) is 0. The molecular weight excluding hydrogens is 384 g/mol. The number of para-hydroxylation sites is 1. The third-order valence-corrected chi connectivity index (χ3v) is 6.04. The molecule has 0 saturated carbocycles. The fourth-order valence-electron chi connectivity index (χ4n) is 3.45. The highest BCUT2D eigenvalue weighted by atomic mass is 32.1. The number of carbonyl (C=O) groups is 1. The molecule has 0 radical (unpaired) electrons. The van der Waals surface area contributed by atoms with Crippen molar-refractivity contribution in [2.24, 2.45) is 0 Å². The molecule has 1 saturated heterocycles. The second kappa shape index (κ2) is 8.99. The predicted octanol–water partition coefficient (Wildman–Crippen LogP) is 2.04. The first kappa shape index (κ1) is 19.3. The van der Waals surface area contributed by atoms with Crippen molar-refractivity contribution in [1.29, 1.82) is 5.26 Å². The molecule has 1 aliphatic rings. The highest BCUT2D eigenvalue weighted by Gasteiger charge is 2.21. The van der Waals surface area contributed by atoms with Crippen molar-refractivity contribution < 1.29 is 4.79 Å². The van der Waals surface area contributed by atoms with Crippen LogP contribution in [-0.2, 0) is 11.2 Å². The summed E-state index contributed by atoms with van der Waals surface area (Å²) >= 11 is 1.68. The predicted molar refractivity (Wildman–Crippen MR) is 114 cm³/mol. The second-order valence-electron chi connectivity index (χ2n) is 6.92. The van der Waals surface area contributed by atoms with E-state index >= 15 is 0 Å². The SMILES string of the molecule is N#Cc1cccnc1N1CCN(CC(=O)NCCc2nc3ccccc3s2)CC1. The number of nitriles is 1. The number of carbonyl (C=O) groups excluding carboxylic acids is 1. The van der Waals surface area contributed by atoms with Crippen LogP contribution in [0.1, 0.15) is 10.6 Å². The molecule has 3 aromatic rings. The van der Waals surface area contributed by atoms with E-state index < -0.39 is 0 Å². The van der Waals surface area contributed by atoms with Crippen molar-refractivity contribution in [3.63, 3.8) is 0 Å². The minimum Gasteiger partial charge on any atom is -0.355 e. The number of thiazole rings is 1. The number of pyridine rings is 1. The zero-order valence-electron chi connectivity index (χ0n) is 16.0. The minimum absolute atomic E-state index is 0.0371. The number of aromatic nitrogens is 2. The summed E-state index contributed by atoms with van der Waals surface area (Å²) in [6.45, 7) is 4.04. The number of piperazine rings is 1. The number of fused-ring (bicyclic) bond motifs is 1. The van der Waals surface area contributed by atoms with Gasteiger partial charge in [-0.3, -0.25) is 9.69 Å². The van der Waals surface area contributed by atoms with Crippen LogP contribution in [0.4, 0.5) is 5.82 Å². The zero-order chi connectivity index (χ0) is 20.1. The maximum atomic E-state index is 12.3. The molecule has 4 rings (SSSR count). The Hall–Kier alpha value is -3.02. The Labute approximate surface area is 173 Å². The van der Waals surface area contributed by atoms with Gasteiger partial charge < -0.3 is 10.2 Å². The molecule has 0 aliphatic carbocycles. The summed E-state index contributed by atoms with van der Waals surface area (Å²) in [6.07, 6.45) is 2.46. The Morgan fingerprint density at radius 1 is 1.17 bits per heavy atom. The van der Waals surface area contributed by atoms with E-state index in [4.69, 9.17) is 0 Å². The van der Waals surface area contributed by atoms with E-state index in [0.29, 0.717) is 18.7 Å². The molecule has 1 aliphatic heterocycles. The highest BCUT2D eigenvalue weighted by Crippen LogP contribution is 2.21. The minimum atomic E-state index is 0.0371. The standard InChI is InChI=1S/C21H22N6OS/c22-14-16-4-3-8-24-21(16)27-12-10-26(11-13-27)15-19(28)23-9-7-20-25-17-5-1-2-6-18(17)29-20/h1-6,8H,7,9-13,15H2,(H,23,28). The van der Waals surface area contributed by atoms with E-state index in [9.17, 15) is 10.1 Å². The quantitative estimate of drug-likeness (QED) is 0.674. The average molecular weight is 407 g/mol. The van der Waals surface area contributed by atoms with E-state index in [2.05, 4.69) is 37.2 Å². The second-order valence-corrected chi connectivity index (χ2v) is 8.04. The van der Waals surface area contributed by atoms with Gasteiger partial charge in [0.1, 0.15) is 11.9 Å². The molecule has 0 bridgehead atoms. The van der Waals surface area contributed by atoms with Gasteiger partial charge in [-0.15, -0.1) is 11.3 Å². The van der Waals surface area contributed by atoms with Crippen LogP contribution in [-0.4, -0.2) is 60.0 Å². The molecule has 1 amide bonds. The number of hydrogen-bond donors (Lipinski definition) is 1. The summed E-state index contributed by atoms with van der Waals surface area (Å²) < 4.78 is 1.18. The van der Waals surface area contributed by atoms with Crippen LogP contribution in [0.3, 0.4) is 0 Å². The van der Waals surface area contributed by atoms with E-state index in [-0.39, 0.29) is 5.91 Å². The molecule has 0 unspecified atom stereocenters. The van der Waals surface area contributed by atoms with Crippen LogP contribution >= 0.6 is 11.3 Å².